The van der Waals surface area contributed by atoms with Crippen LogP contribution in [0.5, 0.6) is 5.75 Å². The van der Waals surface area contributed by atoms with E-state index in [4.69, 9.17) is 10.00 Å². The highest BCUT2D eigenvalue weighted by atomic mass is 16.5. The minimum Gasteiger partial charge on any atom is -0.493 e. The highest BCUT2D eigenvalue weighted by Gasteiger charge is 2.43. The second-order valence-electron chi connectivity index (χ2n) is 5.85. The average molecular weight is 271 g/mol. The lowest BCUT2D eigenvalue weighted by molar-refractivity contribution is 0.237. The number of nitrogens with zero attached hydrogens (tertiary/aromatic N) is 2. The Morgan fingerprint density at radius 3 is 2.50 bits per heavy atom. The van der Waals surface area contributed by atoms with Gasteiger partial charge >= 0.3 is 0 Å². The fourth-order valence-electron chi connectivity index (χ4n) is 2.63. The lowest BCUT2D eigenvalue weighted by Crippen LogP contribution is -2.43. The summed E-state index contributed by atoms with van der Waals surface area (Å²) in [6.45, 7) is 4.90. The zero-order valence-corrected chi connectivity index (χ0v) is 11.8. The van der Waals surface area contributed by atoms with Crippen LogP contribution in [0.4, 0.5) is 5.69 Å². The standard InChI is InChI=1S/C16H21N3O/c17-8-7-16(5-6-16)13-20-15-3-1-14(2-4-15)19-11-9-18-10-12-19/h1-4,18H,5-7,9-13H2. The smallest absolute Gasteiger partial charge is 0.119 e. The minimum atomic E-state index is 0.145. The molecule has 4 heteroatoms. The third kappa shape index (κ3) is 3.05. The molecule has 0 radical (unpaired) electrons. The summed E-state index contributed by atoms with van der Waals surface area (Å²) in [5, 5.41) is 12.2. The lowest BCUT2D eigenvalue weighted by atomic mass is 10.1. The Bertz CT molecular complexity index is 481. The summed E-state index contributed by atoms with van der Waals surface area (Å²) in [6.07, 6.45) is 2.87. The third-order valence-corrected chi connectivity index (χ3v) is 4.28. The second kappa shape index (κ2) is 5.72. The Morgan fingerprint density at radius 2 is 1.90 bits per heavy atom. The van der Waals surface area contributed by atoms with E-state index in [9.17, 15) is 0 Å². The molecular weight excluding hydrogens is 250 g/mol. The van der Waals surface area contributed by atoms with Gasteiger partial charge in [0.25, 0.3) is 0 Å². The molecule has 20 heavy (non-hydrogen) atoms. The molecule has 0 bridgehead atoms. The first-order chi connectivity index (χ1) is 9.81. The van der Waals surface area contributed by atoms with Gasteiger partial charge in [-0.15, -0.1) is 0 Å². The summed E-state index contributed by atoms with van der Waals surface area (Å²) in [4.78, 5) is 2.39. The molecule has 0 unspecified atom stereocenters. The summed E-state index contributed by atoms with van der Waals surface area (Å²) in [5.41, 5.74) is 1.41. The molecule has 0 aromatic heterocycles. The van der Waals surface area contributed by atoms with Crippen molar-refractivity contribution in [1.29, 1.82) is 5.26 Å². The number of nitriles is 1. The van der Waals surface area contributed by atoms with Gasteiger partial charge in [-0.25, -0.2) is 0 Å². The van der Waals surface area contributed by atoms with Crippen LogP contribution >= 0.6 is 0 Å². The maximum atomic E-state index is 8.80. The summed E-state index contributed by atoms with van der Waals surface area (Å²) in [5.74, 6) is 0.910. The molecule has 1 saturated heterocycles. The zero-order chi connectivity index (χ0) is 13.8. The van der Waals surface area contributed by atoms with Gasteiger partial charge in [0.2, 0.25) is 0 Å². The van der Waals surface area contributed by atoms with Gasteiger partial charge in [0.05, 0.1) is 12.7 Å². The van der Waals surface area contributed by atoms with E-state index in [-0.39, 0.29) is 5.41 Å². The van der Waals surface area contributed by atoms with Crippen molar-refractivity contribution in [3.63, 3.8) is 0 Å². The van der Waals surface area contributed by atoms with E-state index in [0.717, 1.165) is 44.8 Å². The van der Waals surface area contributed by atoms with E-state index in [1.807, 2.05) is 12.1 Å². The van der Waals surface area contributed by atoms with Crippen LogP contribution in [-0.4, -0.2) is 32.8 Å². The predicted molar refractivity (Wildman–Crippen MR) is 78.9 cm³/mol. The highest BCUT2D eigenvalue weighted by Crippen LogP contribution is 2.48. The topological polar surface area (TPSA) is 48.3 Å². The Morgan fingerprint density at radius 1 is 1.20 bits per heavy atom. The number of ether oxygens (including phenoxy) is 1. The first-order valence-corrected chi connectivity index (χ1v) is 7.37. The van der Waals surface area contributed by atoms with Crippen LogP contribution in [0.2, 0.25) is 0 Å². The molecule has 1 saturated carbocycles. The molecule has 1 N–H and O–H groups in total. The highest BCUT2D eigenvalue weighted by molar-refractivity contribution is 5.49. The number of piperazine rings is 1. The van der Waals surface area contributed by atoms with Crippen LogP contribution in [-0.2, 0) is 0 Å². The third-order valence-electron chi connectivity index (χ3n) is 4.28. The summed E-state index contributed by atoms with van der Waals surface area (Å²) in [6, 6.07) is 10.6. The van der Waals surface area contributed by atoms with Crippen molar-refractivity contribution in [2.45, 2.75) is 19.3 Å². The number of hydrogen-bond donors (Lipinski definition) is 1. The van der Waals surface area contributed by atoms with Gasteiger partial charge in [0.1, 0.15) is 5.75 Å². The largest absolute Gasteiger partial charge is 0.493 e. The van der Waals surface area contributed by atoms with Crippen molar-refractivity contribution in [1.82, 2.24) is 5.32 Å². The van der Waals surface area contributed by atoms with Gasteiger partial charge in [-0.1, -0.05) is 0 Å². The number of nitrogens with one attached hydrogen (secondary N) is 1. The first kappa shape index (κ1) is 13.3. The number of anilines is 1. The quantitative estimate of drug-likeness (QED) is 0.891. The van der Waals surface area contributed by atoms with Crippen LogP contribution in [0.3, 0.4) is 0 Å². The fraction of sp³-hybridized carbons (Fsp3) is 0.562. The molecule has 2 aliphatic rings. The Balaban J connectivity index is 1.55. The van der Waals surface area contributed by atoms with Gasteiger partial charge < -0.3 is 15.0 Å². The first-order valence-electron chi connectivity index (χ1n) is 7.37. The Hall–Kier alpha value is -1.73. The van der Waals surface area contributed by atoms with E-state index in [1.165, 1.54) is 5.69 Å². The second-order valence-corrected chi connectivity index (χ2v) is 5.85. The molecule has 106 valence electrons. The van der Waals surface area contributed by atoms with E-state index >= 15 is 0 Å². The molecule has 2 fully saturated rings. The zero-order valence-electron chi connectivity index (χ0n) is 11.8. The fourth-order valence-corrected chi connectivity index (χ4v) is 2.63. The molecule has 1 aromatic rings. The molecule has 1 aliphatic heterocycles. The van der Waals surface area contributed by atoms with Gasteiger partial charge in [0, 0.05) is 43.7 Å². The Labute approximate surface area is 120 Å². The molecule has 0 amide bonds. The van der Waals surface area contributed by atoms with E-state index < -0.39 is 0 Å². The van der Waals surface area contributed by atoms with Gasteiger partial charge in [-0.2, -0.15) is 5.26 Å². The van der Waals surface area contributed by atoms with Crippen LogP contribution in [0, 0.1) is 16.7 Å². The van der Waals surface area contributed by atoms with Crippen molar-refractivity contribution in [2.75, 3.05) is 37.7 Å². The summed E-state index contributed by atoms with van der Waals surface area (Å²) >= 11 is 0. The number of hydrogen-bond acceptors (Lipinski definition) is 4. The van der Waals surface area contributed by atoms with Crippen molar-refractivity contribution >= 4 is 5.69 Å². The van der Waals surface area contributed by atoms with Gasteiger partial charge in [-0.05, 0) is 37.1 Å². The summed E-state index contributed by atoms with van der Waals surface area (Å²) < 4.78 is 5.85. The van der Waals surface area contributed by atoms with Crippen LogP contribution < -0.4 is 15.0 Å². The molecule has 0 atom stereocenters. The van der Waals surface area contributed by atoms with E-state index in [2.05, 4.69) is 28.4 Å². The molecule has 4 nitrogen and oxygen atoms in total. The van der Waals surface area contributed by atoms with Crippen molar-refractivity contribution in [3.8, 4) is 11.8 Å². The normalized spacial score (nSPS) is 20.2. The average Bonchev–Trinajstić information content (AvgIpc) is 3.27. The molecule has 1 heterocycles. The van der Waals surface area contributed by atoms with Crippen molar-refractivity contribution in [3.05, 3.63) is 24.3 Å². The number of benzene rings is 1. The van der Waals surface area contributed by atoms with Crippen LogP contribution in [0.15, 0.2) is 24.3 Å². The van der Waals surface area contributed by atoms with Gasteiger partial charge in [-0.3, -0.25) is 0 Å². The minimum absolute atomic E-state index is 0.145. The molecule has 1 aromatic carbocycles. The van der Waals surface area contributed by atoms with Gasteiger partial charge in [0.15, 0.2) is 0 Å². The summed E-state index contributed by atoms with van der Waals surface area (Å²) in [7, 11) is 0. The molecule has 3 rings (SSSR count). The van der Waals surface area contributed by atoms with E-state index in [0.29, 0.717) is 13.0 Å². The van der Waals surface area contributed by atoms with E-state index in [1.54, 1.807) is 0 Å². The SMILES string of the molecule is N#CCC1(COc2ccc(N3CCNCC3)cc2)CC1. The number of rotatable bonds is 5. The van der Waals surface area contributed by atoms with Crippen molar-refractivity contribution in [2.24, 2.45) is 5.41 Å². The monoisotopic (exact) mass is 271 g/mol. The molecule has 0 spiro atoms. The maximum absolute atomic E-state index is 8.80. The Kier molecular flexibility index (Phi) is 3.79. The molecular formula is C16H21N3O. The van der Waals surface area contributed by atoms with Crippen LogP contribution in [0.1, 0.15) is 19.3 Å². The predicted octanol–water partition coefficient (Wildman–Crippen LogP) is 2.17. The molecule has 1 aliphatic carbocycles. The van der Waals surface area contributed by atoms with Crippen molar-refractivity contribution < 1.29 is 4.74 Å². The maximum Gasteiger partial charge on any atom is 0.119 e. The lowest BCUT2D eigenvalue weighted by Gasteiger charge is -2.29. The van der Waals surface area contributed by atoms with Crippen LogP contribution in [0.25, 0.3) is 0 Å².